The summed E-state index contributed by atoms with van der Waals surface area (Å²) >= 11 is 0. The van der Waals surface area contributed by atoms with Gasteiger partial charge in [-0.25, -0.2) is 0 Å². The number of rotatable bonds is 4. The van der Waals surface area contributed by atoms with Gasteiger partial charge in [-0.05, 0) is 28.8 Å². The smallest absolute Gasteiger partial charge is 0.379 e. The van der Waals surface area contributed by atoms with E-state index in [1.807, 2.05) is 0 Å². The van der Waals surface area contributed by atoms with E-state index in [0.29, 0.717) is 0 Å². The van der Waals surface area contributed by atoms with Gasteiger partial charge in [0.15, 0.2) is 4.98 Å². The van der Waals surface area contributed by atoms with Gasteiger partial charge in [-0.1, -0.05) is 41.5 Å². The van der Waals surface area contributed by atoms with Crippen molar-refractivity contribution in [2.75, 3.05) is 0 Å². The van der Waals surface area contributed by atoms with Gasteiger partial charge in [-0.3, -0.25) is 0 Å². The molecule has 0 bridgehead atoms. The lowest BCUT2D eigenvalue weighted by atomic mass is 10.1. The number of azide groups is 1. The number of fused-ring (bicyclic) bond motifs is 1. The van der Waals surface area contributed by atoms with Crippen LogP contribution in [0.4, 0.5) is 11.4 Å². The van der Waals surface area contributed by atoms with Crippen molar-refractivity contribution in [2.24, 2.45) is 5.11 Å². The van der Waals surface area contributed by atoms with Crippen LogP contribution in [0.15, 0.2) is 64.6 Å². The molecule has 0 radical (unpaired) electrons. The Kier molecular flexibility index (Phi) is 4.33. The molecule has 0 heterocycles. The zero-order valence-electron chi connectivity index (χ0n) is 13.0. The molecule has 3 aromatic rings. The van der Waals surface area contributed by atoms with Crippen molar-refractivity contribution in [1.82, 2.24) is 0 Å². The van der Waals surface area contributed by atoms with Gasteiger partial charge in [-0.2, -0.15) is 8.42 Å². The minimum Gasteiger partial charge on any atom is -0.867 e. The van der Waals surface area contributed by atoms with Crippen LogP contribution < -0.4 is 9.29 Å². The first kappa shape index (κ1) is 17.0. The molecular formula is C16H9N5O4S. The first-order chi connectivity index (χ1) is 12.5. The summed E-state index contributed by atoms with van der Waals surface area (Å²) < 4.78 is 30.5. The minimum absolute atomic E-state index is 0.0762. The molecule has 10 heteroatoms. The van der Waals surface area contributed by atoms with Crippen molar-refractivity contribution < 1.29 is 17.7 Å². The topological polar surface area (TPSA) is 143 Å². The van der Waals surface area contributed by atoms with Crippen LogP contribution in [0, 0.1) is 5.39 Å². The third kappa shape index (κ3) is 3.08. The lowest BCUT2D eigenvalue weighted by Crippen LogP contribution is -2.11. The minimum atomic E-state index is -4.37. The van der Waals surface area contributed by atoms with E-state index in [4.69, 9.17) is 15.1 Å². The highest BCUT2D eigenvalue weighted by atomic mass is 32.2. The van der Waals surface area contributed by atoms with Crippen molar-refractivity contribution in [3.05, 3.63) is 70.0 Å². The van der Waals surface area contributed by atoms with Crippen LogP contribution in [0.25, 0.3) is 26.2 Å². The lowest BCUT2D eigenvalue weighted by molar-refractivity contribution is -0.264. The SMILES string of the molecule is N#[N+]c1cc(S(=O)(=O)Oc2cccc(N=[N+]=[N-])c2)c2ccccc2c1[O-]. The summed E-state index contributed by atoms with van der Waals surface area (Å²) in [5, 5.41) is 24.8. The Morgan fingerprint density at radius 1 is 1.08 bits per heavy atom. The van der Waals surface area contributed by atoms with Gasteiger partial charge in [0.1, 0.15) is 10.6 Å². The van der Waals surface area contributed by atoms with E-state index in [9.17, 15) is 13.5 Å². The monoisotopic (exact) mass is 367 g/mol. The lowest BCUT2D eigenvalue weighted by Gasteiger charge is -2.13. The maximum atomic E-state index is 12.7. The van der Waals surface area contributed by atoms with Crippen LogP contribution in [0.1, 0.15) is 0 Å². The molecule has 0 saturated carbocycles. The Bertz CT molecular complexity index is 1210. The highest BCUT2D eigenvalue weighted by Gasteiger charge is 2.25. The Hall–Kier alpha value is -3.80. The van der Waals surface area contributed by atoms with E-state index >= 15 is 0 Å². The number of benzene rings is 3. The zero-order valence-corrected chi connectivity index (χ0v) is 13.8. The third-order valence-electron chi connectivity index (χ3n) is 3.50. The quantitative estimate of drug-likeness (QED) is 0.224. The second-order valence-corrected chi connectivity index (χ2v) is 6.61. The molecule has 0 saturated heterocycles. The summed E-state index contributed by atoms with van der Waals surface area (Å²) in [5.74, 6) is -0.680. The largest absolute Gasteiger partial charge is 0.867 e. The molecule has 26 heavy (non-hydrogen) atoms. The summed E-state index contributed by atoms with van der Waals surface area (Å²) in [6.45, 7) is 0. The molecule has 0 unspecified atom stereocenters. The van der Waals surface area contributed by atoms with Crippen LogP contribution in [0.5, 0.6) is 11.5 Å². The Labute approximate surface area is 147 Å². The van der Waals surface area contributed by atoms with Crippen LogP contribution in [0.2, 0.25) is 0 Å². The Morgan fingerprint density at radius 3 is 2.50 bits per heavy atom. The molecule has 0 N–H and O–H groups in total. The van der Waals surface area contributed by atoms with E-state index in [0.717, 1.165) is 6.07 Å². The summed E-state index contributed by atoms with van der Waals surface area (Å²) in [4.78, 5) is 5.15. The summed E-state index contributed by atoms with van der Waals surface area (Å²) in [6, 6.07) is 12.5. The van der Waals surface area contributed by atoms with E-state index in [1.165, 1.54) is 36.4 Å². The molecular weight excluding hydrogens is 358 g/mol. The van der Waals surface area contributed by atoms with Crippen molar-refractivity contribution in [3.8, 4) is 11.5 Å². The van der Waals surface area contributed by atoms with Gasteiger partial charge in [0, 0.05) is 16.0 Å². The number of nitrogens with zero attached hydrogens (tertiary/aromatic N) is 5. The van der Waals surface area contributed by atoms with Crippen LogP contribution in [-0.4, -0.2) is 8.42 Å². The molecule has 3 aromatic carbocycles. The molecule has 0 aliphatic carbocycles. The van der Waals surface area contributed by atoms with Gasteiger partial charge < -0.3 is 9.29 Å². The fourth-order valence-corrected chi connectivity index (χ4v) is 3.55. The van der Waals surface area contributed by atoms with Gasteiger partial charge in [0.2, 0.25) is 5.39 Å². The third-order valence-corrected chi connectivity index (χ3v) is 4.79. The van der Waals surface area contributed by atoms with Crippen molar-refractivity contribution in [1.29, 1.82) is 5.39 Å². The molecule has 0 amide bonds. The predicted molar refractivity (Wildman–Crippen MR) is 91.2 cm³/mol. The van der Waals surface area contributed by atoms with Crippen molar-refractivity contribution >= 4 is 32.3 Å². The second-order valence-electron chi connectivity index (χ2n) is 5.09. The molecule has 0 aromatic heterocycles. The van der Waals surface area contributed by atoms with Crippen LogP contribution in [-0.2, 0) is 10.1 Å². The molecule has 0 aliphatic heterocycles. The Balaban J connectivity index is 2.16. The molecule has 0 fully saturated rings. The number of hydrogen-bond acceptors (Lipinski definition) is 6. The van der Waals surface area contributed by atoms with Crippen molar-refractivity contribution in [2.45, 2.75) is 4.90 Å². The summed E-state index contributed by atoms with van der Waals surface area (Å²) in [6.07, 6.45) is 0. The summed E-state index contributed by atoms with van der Waals surface area (Å²) in [7, 11) is -4.37. The summed E-state index contributed by atoms with van der Waals surface area (Å²) in [5.41, 5.74) is 8.21. The fraction of sp³-hybridized carbons (Fsp3) is 0. The highest BCUT2D eigenvalue weighted by molar-refractivity contribution is 7.87. The van der Waals surface area contributed by atoms with Gasteiger partial charge in [0.25, 0.3) is 0 Å². The molecule has 128 valence electrons. The van der Waals surface area contributed by atoms with E-state index in [1.54, 1.807) is 12.1 Å². The van der Waals surface area contributed by atoms with Crippen LogP contribution in [0.3, 0.4) is 0 Å². The maximum absolute atomic E-state index is 12.7. The molecule has 0 atom stereocenters. The van der Waals surface area contributed by atoms with Crippen LogP contribution >= 0.6 is 0 Å². The Morgan fingerprint density at radius 2 is 1.81 bits per heavy atom. The molecule has 9 nitrogen and oxygen atoms in total. The average Bonchev–Trinajstić information content (AvgIpc) is 2.62. The van der Waals surface area contributed by atoms with E-state index < -0.39 is 21.6 Å². The zero-order chi connectivity index (χ0) is 18.7. The van der Waals surface area contributed by atoms with E-state index in [2.05, 4.69) is 15.0 Å². The number of hydrogen-bond donors (Lipinski definition) is 0. The first-order valence-corrected chi connectivity index (χ1v) is 8.54. The normalized spacial score (nSPS) is 10.7. The van der Waals surface area contributed by atoms with Gasteiger partial charge in [-0.15, -0.1) is 0 Å². The van der Waals surface area contributed by atoms with E-state index in [-0.39, 0.29) is 27.1 Å². The predicted octanol–water partition coefficient (Wildman–Crippen LogP) is 4.11. The molecule has 0 spiro atoms. The molecule has 0 aliphatic rings. The average molecular weight is 367 g/mol. The van der Waals surface area contributed by atoms with Gasteiger partial charge in [0.05, 0.1) is 6.07 Å². The van der Waals surface area contributed by atoms with Crippen molar-refractivity contribution in [3.63, 3.8) is 0 Å². The molecule has 3 rings (SSSR count). The number of diazo groups is 1. The van der Waals surface area contributed by atoms with Gasteiger partial charge >= 0.3 is 15.8 Å². The second kappa shape index (κ2) is 6.60. The first-order valence-electron chi connectivity index (χ1n) is 7.14. The maximum Gasteiger partial charge on any atom is 0.379 e. The fourth-order valence-electron chi connectivity index (χ4n) is 2.40. The highest BCUT2D eigenvalue weighted by Crippen LogP contribution is 2.38. The standard InChI is InChI=1S/C16H9N5O4S/c17-19-14-9-15(12-6-1-2-7-13(12)16(14)22)26(23,24)25-11-5-3-4-10(8-11)20-21-18/h1-9H.